The number of rotatable bonds is 1. The number of hydrogen-bond donors (Lipinski definition) is 0. The maximum Gasteiger partial charge on any atom is 0.0595 e. The Hall–Kier alpha value is -0.280. The van der Waals surface area contributed by atoms with E-state index in [4.69, 9.17) is 27.9 Å². The Morgan fingerprint density at radius 1 is 1.16 bits per heavy atom. The monoisotopic (exact) mass is 297 g/mol. The van der Waals surface area contributed by atoms with Gasteiger partial charge in [0.2, 0.25) is 0 Å². The molecule has 2 bridgehead atoms. The van der Waals surface area contributed by atoms with Crippen molar-refractivity contribution in [3.8, 4) is 0 Å². The molecule has 19 heavy (non-hydrogen) atoms. The third kappa shape index (κ3) is 1.70. The lowest BCUT2D eigenvalue weighted by atomic mass is 9.81. The van der Waals surface area contributed by atoms with Gasteiger partial charge in [0.1, 0.15) is 0 Å². The molecule has 0 aromatic heterocycles. The topological polar surface area (TPSA) is 12.5 Å². The summed E-state index contributed by atoms with van der Waals surface area (Å²) in [4.78, 5) is 2.55. The minimum Gasteiger partial charge on any atom is -0.379 e. The molecule has 3 unspecified atom stereocenters. The molecule has 1 saturated carbocycles. The van der Waals surface area contributed by atoms with E-state index in [2.05, 4.69) is 17.0 Å². The SMILES string of the molecule is Clc1ccc(C23CCN4CCOCC2(C4)C3)cc1Cl. The fourth-order valence-electron chi connectivity index (χ4n) is 4.18. The van der Waals surface area contributed by atoms with Gasteiger partial charge in [0.25, 0.3) is 0 Å². The summed E-state index contributed by atoms with van der Waals surface area (Å²) in [7, 11) is 0. The van der Waals surface area contributed by atoms with Crippen molar-refractivity contribution < 1.29 is 4.74 Å². The maximum absolute atomic E-state index is 6.20. The van der Waals surface area contributed by atoms with Gasteiger partial charge in [-0.1, -0.05) is 29.3 Å². The van der Waals surface area contributed by atoms with Crippen LogP contribution in [0.25, 0.3) is 0 Å². The molecule has 0 radical (unpaired) electrons. The second kappa shape index (κ2) is 4.11. The molecular formula is C15H17Cl2NO. The first-order valence-electron chi connectivity index (χ1n) is 6.91. The largest absolute Gasteiger partial charge is 0.379 e. The quantitative estimate of drug-likeness (QED) is 0.788. The van der Waals surface area contributed by atoms with E-state index in [0.717, 1.165) is 19.8 Å². The van der Waals surface area contributed by atoms with Crippen LogP contribution in [-0.2, 0) is 10.2 Å². The van der Waals surface area contributed by atoms with Crippen LogP contribution in [0.3, 0.4) is 0 Å². The predicted octanol–water partition coefficient (Wildman–Crippen LogP) is 3.36. The van der Waals surface area contributed by atoms with Crippen molar-refractivity contribution in [2.75, 3.05) is 32.8 Å². The van der Waals surface area contributed by atoms with Crippen LogP contribution in [0.1, 0.15) is 18.4 Å². The highest BCUT2D eigenvalue weighted by molar-refractivity contribution is 6.42. The Morgan fingerprint density at radius 2 is 2.05 bits per heavy atom. The third-order valence-corrected chi connectivity index (χ3v) is 6.05. The van der Waals surface area contributed by atoms with Crippen molar-refractivity contribution >= 4 is 23.2 Å². The number of halogens is 2. The van der Waals surface area contributed by atoms with Gasteiger partial charge in [-0.05, 0) is 37.1 Å². The van der Waals surface area contributed by atoms with Crippen LogP contribution in [0.4, 0.5) is 0 Å². The van der Waals surface area contributed by atoms with Crippen molar-refractivity contribution in [1.82, 2.24) is 4.90 Å². The van der Waals surface area contributed by atoms with E-state index < -0.39 is 0 Å². The Bertz CT molecular complexity index is 531. The number of ether oxygens (including phenoxy) is 1. The van der Waals surface area contributed by atoms with Gasteiger partial charge >= 0.3 is 0 Å². The highest BCUT2D eigenvalue weighted by atomic mass is 35.5. The summed E-state index contributed by atoms with van der Waals surface area (Å²) in [6.07, 6.45) is 2.45. The van der Waals surface area contributed by atoms with Gasteiger partial charge in [-0.2, -0.15) is 0 Å². The Kier molecular flexibility index (Phi) is 2.69. The molecule has 2 nitrogen and oxygen atoms in total. The molecule has 3 aliphatic rings. The van der Waals surface area contributed by atoms with Crippen LogP contribution in [0.2, 0.25) is 10.0 Å². The van der Waals surface area contributed by atoms with Crippen molar-refractivity contribution in [2.45, 2.75) is 18.3 Å². The summed E-state index contributed by atoms with van der Waals surface area (Å²) >= 11 is 12.2. The number of hydrogen-bond acceptors (Lipinski definition) is 2. The molecule has 4 heteroatoms. The molecule has 2 aliphatic heterocycles. The molecule has 3 fully saturated rings. The lowest BCUT2D eigenvalue weighted by Gasteiger charge is -2.35. The average molecular weight is 298 g/mol. The molecule has 2 heterocycles. The van der Waals surface area contributed by atoms with Gasteiger partial charge in [-0.15, -0.1) is 0 Å². The van der Waals surface area contributed by atoms with Gasteiger partial charge < -0.3 is 9.64 Å². The number of nitrogens with zero attached hydrogens (tertiary/aromatic N) is 1. The van der Waals surface area contributed by atoms with Crippen LogP contribution < -0.4 is 0 Å². The van der Waals surface area contributed by atoms with E-state index in [1.165, 1.54) is 31.5 Å². The predicted molar refractivity (Wildman–Crippen MR) is 77.1 cm³/mol. The average Bonchev–Trinajstić information content (AvgIpc) is 3.11. The smallest absolute Gasteiger partial charge is 0.0595 e. The highest BCUT2D eigenvalue weighted by Crippen LogP contribution is 2.69. The van der Waals surface area contributed by atoms with E-state index in [9.17, 15) is 0 Å². The van der Waals surface area contributed by atoms with Crippen molar-refractivity contribution in [2.24, 2.45) is 5.41 Å². The molecule has 4 rings (SSSR count). The summed E-state index contributed by atoms with van der Waals surface area (Å²) < 4.78 is 5.85. The molecule has 0 amide bonds. The molecular weight excluding hydrogens is 281 g/mol. The molecule has 2 saturated heterocycles. The van der Waals surface area contributed by atoms with Crippen molar-refractivity contribution in [3.63, 3.8) is 0 Å². The molecule has 0 N–H and O–H groups in total. The highest BCUT2D eigenvalue weighted by Gasteiger charge is 2.70. The van der Waals surface area contributed by atoms with E-state index in [0.29, 0.717) is 15.5 Å². The summed E-state index contributed by atoms with van der Waals surface area (Å²) in [5.74, 6) is 0. The molecule has 102 valence electrons. The lowest BCUT2D eigenvalue weighted by Crippen LogP contribution is -2.42. The number of benzene rings is 1. The van der Waals surface area contributed by atoms with Crippen LogP contribution in [0.15, 0.2) is 18.2 Å². The minimum atomic E-state index is 0.280. The molecule has 1 aromatic rings. The van der Waals surface area contributed by atoms with E-state index in [1.807, 2.05) is 6.07 Å². The Morgan fingerprint density at radius 3 is 2.89 bits per heavy atom. The summed E-state index contributed by atoms with van der Waals surface area (Å²) in [6, 6.07) is 6.16. The van der Waals surface area contributed by atoms with Gasteiger partial charge in [0.15, 0.2) is 0 Å². The van der Waals surface area contributed by atoms with Gasteiger partial charge in [0, 0.05) is 23.9 Å². The van der Waals surface area contributed by atoms with Crippen molar-refractivity contribution in [3.05, 3.63) is 33.8 Å². The molecule has 1 aliphatic carbocycles. The zero-order valence-corrected chi connectivity index (χ0v) is 12.3. The first-order valence-corrected chi connectivity index (χ1v) is 7.67. The lowest BCUT2D eigenvalue weighted by molar-refractivity contribution is 0.102. The van der Waals surface area contributed by atoms with E-state index in [1.54, 1.807) is 0 Å². The van der Waals surface area contributed by atoms with Gasteiger partial charge in [0.05, 0.1) is 23.3 Å². The molecule has 1 spiro atoms. The summed E-state index contributed by atoms with van der Waals surface area (Å²) in [5.41, 5.74) is 1.95. The zero-order chi connectivity index (χ0) is 13.1. The first kappa shape index (κ1) is 12.5. The molecule has 1 aromatic carbocycles. The van der Waals surface area contributed by atoms with E-state index >= 15 is 0 Å². The third-order valence-electron chi connectivity index (χ3n) is 5.31. The van der Waals surface area contributed by atoms with E-state index in [-0.39, 0.29) is 5.41 Å². The number of fused-ring (bicyclic) bond motifs is 1. The van der Waals surface area contributed by atoms with Crippen LogP contribution in [-0.4, -0.2) is 37.7 Å². The Balaban J connectivity index is 1.73. The normalized spacial score (nSPS) is 40.4. The first-order chi connectivity index (χ1) is 9.15. The molecule has 3 atom stereocenters. The zero-order valence-electron chi connectivity index (χ0n) is 10.8. The summed E-state index contributed by atoms with van der Waals surface area (Å²) in [6.45, 7) is 5.20. The second-order valence-electron chi connectivity index (χ2n) is 6.25. The number of piperidine rings is 1. The Labute approximate surface area is 123 Å². The van der Waals surface area contributed by atoms with Crippen LogP contribution >= 0.6 is 23.2 Å². The van der Waals surface area contributed by atoms with Crippen LogP contribution in [0, 0.1) is 5.41 Å². The second-order valence-corrected chi connectivity index (χ2v) is 7.06. The standard InChI is InChI=1S/C15H17Cl2NO/c16-12-2-1-11(7-13(12)17)15-3-4-18-5-6-19-10-14(15,8-15)9-18/h1-2,7H,3-6,8-10H2. The van der Waals surface area contributed by atoms with Gasteiger partial charge in [-0.3, -0.25) is 0 Å². The fourth-order valence-corrected chi connectivity index (χ4v) is 4.48. The maximum atomic E-state index is 6.20. The summed E-state index contributed by atoms with van der Waals surface area (Å²) in [5, 5.41) is 1.32. The van der Waals surface area contributed by atoms with Crippen molar-refractivity contribution in [1.29, 1.82) is 0 Å². The fraction of sp³-hybridized carbons (Fsp3) is 0.600. The van der Waals surface area contributed by atoms with Gasteiger partial charge in [-0.25, -0.2) is 0 Å². The minimum absolute atomic E-state index is 0.280. The van der Waals surface area contributed by atoms with Crippen LogP contribution in [0.5, 0.6) is 0 Å².